The second kappa shape index (κ2) is 7.08. The molecule has 2 aliphatic heterocycles. The van der Waals surface area contributed by atoms with E-state index >= 15 is 0 Å². The molecule has 3 rings (SSSR count). The number of amides is 4. The van der Waals surface area contributed by atoms with E-state index < -0.39 is 0 Å². The van der Waals surface area contributed by atoms with Crippen LogP contribution < -0.4 is 5.32 Å². The fourth-order valence-electron chi connectivity index (χ4n) is 3.07. The van der Waals surface area contributed by atoms with Crippen molar-refractivity contribution >= 4 is 29.2 Å². The molecule has 0 aliphatic carbocycles. The molecule has 0 spiro atoms. The first-order valence-corrected chi connectivity index (χ1v) is 8.78. The molecular weight excluding hydrogens is 316 g/mol. The molecule has 124 valence electrons. The summed E-state index contributed by atoms with van der Waals surface area (Å²) in [5.74, 6) is 0.209. The summed E-state index contributed by atoms with van der Waals surface area (Å²) in [6.07, 6.45) is 4.74. The smallest absolute Gasteiger partial charge is 0.324 e. The number of hydrogen-bond acceptors (Lipinski definition) is 5. The lowest BCUT2D eigenvalue weighted by atomic mass is 9.98. The highest BCUT2D eigenvalue weighted by Crippen LogP contribution is 2.28. The van der Waals surface area contributed by atoms with Gasteiger partial charge in [0.2, 0.25) is 11.8 Å². The van der Waals surface area contributed by atoms with Gasteiger partial charge >= 0.3 is 6.03 Å². The molecule has 1 N–H and O–H groups in total. The van der Waals surface area contributed by atoms with Crippen molar-refractivity contribution in [3.05, 3.63) is 16.6 Å². The highest BCUT2D eigenvalue weighted by molar-refractivity contribution is 7.09. The van der Waals surface area contributed by atoms with E-state index in [2.05, 4.69) is 10.3 Å². The van der Waals surface area contributed by atoms with E-state index in [0.717, 1.165) is 30.9 Å². The van der Waals surface area contributed by atoms with Crippen LogP contribution in [0.5, 0.6) is 0 Å². The SMILES string of the molecule is O=C(CCCN1C(=O)CNC1=O)N1CCC[C@@H](c2nccs2)C1. The van der Waals surface area contributed by atoms with Crippen molar-refractivity contribution in [1.82, 2.24) is 20.1 Å². The Morgan fingerprint density at radius 2 is 2.30 bits per heavy atom. The maximum Gasteiger partial charge on any atom is 0.324 e. The molecule has 23 heavy (non-hydrogen) atoms. The van der Waals surface area contributed by atoms with Crippen molar-refractivity contribution in [3.63, 3.8) is 0 Å². The zero-order chi connectivity index (χ0) is 16.2. The molecule has 3 heterocycles. The lowest BCUT2D eigenvalue weighted by Gasteiger charge is -2.32. The van der Waals surface area contributed by atoms with Gasteiger partial charge in [0.05, 0.1) is 11.6 Å². The average molecular weight is 336 g/mol. The molecule has 7 nitrogen and oxygen atoms in total. The van der Waals surface area contributed by atoms with Gasteiger partial charge in [0, 0.05) is 43.5 Å². The zero-order valence-electron chi connectivity index (χ0n) is 12.9. The monoisotopic (exact) mass is 336 g/mol. The summed E-state index contributed by atoms with van der Waals surface area (Å²) in [5, 5.41) is 5.54. The predicted octanol–water partition coefficient (Wildman–Crippen LogP) is 1.18. The molecule has 1 aromatic rings. The van der Waals surface area contributed by atoms with E-state index in [1.807, 2.05) is 10.3 Å². The fourth-order valence-corrected chi connectivity index (χ4v) is 3.84. The summed E-state index contributed by atoms with van der Waals surface area (Å²) in [7, 11) is 0. The standard InChI is InChI=1S/C15H20N4O3S/c20-12(4-2-7-19-13(21)9-17-15(19)22)18-6-1-3-11(10-18)14-16-5-8-23-14/h5,8,11H,1-4,6-7,9-10H2,(H,17,22)/t11-/m1/s1. The van der Waals surface area contributed by atoms with Crippen LogP contribution >= 0.6 is 11.3 Å². The van der Waals surface area contributed by atoms with E-state index in [9.17, 15) is 14.4 Å². The summed E-state index contributed by atoms with van der Waals surface area (Å²) in [6.45, 7) is 1.87. The van der Waals surface area contributed by atoms with Crippen LogP contribution in [0, 0.1) is 0 Å². The van der Waals surface area contributed by atoms with Gasteiger partial charge in [-0.05, 0) is 19.3 Å². The molecule has 1 atom stereocenters. The molecule has 0 aromatic carbocycles. The van der Waals surface area contributed by atoms with E-state index in [-0.39, 0.29) is 24.4 Å². The number of nitrogens with zero attached hydrogens (tertiary/aromatic N) is 3. The zero-order valence-corrected chi connectivity index (χ0v) is 13.7. The number of rotatable bonds is 5. The molecule has 1 aromatic heterocycles. The van der Waals surface area contributed by atoms with Crippen LogP contribution in [0.1, 0.15) is 36.6 Å². The van der Waals surface area contributed by atoms with E-state index in [1.165, 1.54) is 4.90 Å². The predicted molar refractivity (Wildman–Crippen MR) is 85.0 cm³/mol. The Hall–Kier alpha value is -1.96. The Balaban J connectivity index is 1.46. The highest BCUT2D eigenvalue weighted by atomic mass is 32.1. The van der Waals surface area contributed by atoms with Gasteiger partial charge in [-0.25, -0.2) is 9.78 Å². The Kier molecular flexibility index (Phi) is 4.90. The van der Waals surface area contributed by atoms with E-state index in [0.29, 0.717) is 25.3 Å². The molecule has 0 saturated carbocycles. The van der Waals surface area contributed by atoms with Crippen molar-refractivity contribution in [2.45, 2.75) is 31.6 Å². The topological polar surface area (TPSA) is 82.6 Å². The Labute approximate surface area is 138 Å². The molecule has 2 saturated heterocycles. The third-order valence-electron chi connectivity index (χ3n) is 4.28. The number of carbonyl (C=O) groups is 3. The summed E-state index contributed by atoms with van der Waals surface area (Å²) in [6, 6.07) is -0.357. The summed E-state index contributed by atoms with van der Waals surface area (Å²) in [4.78, 5) is 42.7. The molecule has 0 radical (unpaired) electrons. The maximum absolute atomic E-state index is 12.4. The fraction of sp³-hybridized carbons (Fsp3) is 0.600. The number of imide groups is 1. The van der Waals surface area contributed by atoms with Gasteiger partial charge in [-0.15, -0.1) is 11.3 Å². The van der Waals surface area contributed by atoms with Gasteiger partial charge in [-0.1, -0.05) is 0 Å². The third kappa shape index (κ3) is 3.69. The second-order valence-electron chi connectivity index (χ2n) is 5.86. The molecule has 0 unspecified atom stereocenters. The first-order chi connectivity index (χ1) is 11.1. The highest BCUT2D eigenvalue weighted by Gasteiger charge is 2.29. The minimum absolute atomic E-state index is 0.0639. The van der Waals surface area contributed by atoms with Crippen molar-refractivity contribution in [1.29, 1.82) is 0 Å². The van der Waals surface area contributed by atoms with Gasteiger partial charge in [0.15, 0.2) is 0 Å². The third-order valence-corrected chi connectivity index (χ3v) is 5.22. The number of carbonyl (C=O) groups excluding carboxylic acids is 3. The number of nitrogens with one attached hydrogen (secondary N) is 1. The van der Waals surface area contributed by atoms with Gasteiger partial charge < -0.3 is 10.2 Å². The van der Waals surface area contributed by atoms with Crippen LogP contribution in [0.15, 0.2) is 11.6 Å². The molecule has 2 aliphatic rings. The Morgan fingerprint density at radius 1 is 1.43 bits per heavy atom. The first-order valence-electron chi connectivity index (χ1n) is 7.90. The van der Waals surface area contributed by atoms with Crippen LogP contribution in [-0.2, 0) is 9.59 Å². The minimum Gasteiger partial charge on any atom is -0.342 e. The van der Waals surface area contributed by atoms with Crippen LogP contribution in [0.3, 0.4) is 0 Å². The largest absolute Gasteiger partial charge is 0.342 e. The number of piperidine rings is 1. The van der Waals surface area contributed by atoms with Gasteiger partial charge in [0.25, 0.3) is 0 Å². The van der Waals surface area contributed by atoms with Crippen LogP contribution in [0.2, 0.25) is 0 Å². The normalized spacial score (nSPS) is 21.7. The number of urea groups is 1. The van der Waals surface area contributed by atoms with Gasteiger partial charge in [-0.2, -0.15) is 0 Å². The molecule has 2 fully saturated rings. The number of aromatic nitrogens is 1. The summed E-state index contributed by atoms with van der Waals surface area (Å²) >= 11 is 1.64. The first kappa shape index (κ1) is 15.9. The van der Waals surface area contributed by atoms with Crippen molar-refractivity contribution in [2.24, 2.45) is 0 Å². The number of likely N-dealkylation sites (tertiary alicyclic amines) is 1. The van der Waals surface area contributed by atoms with Crippen LogP contribution in [-0.4, -0.2) is 58.8 Å². The van der Waals surface area contributed by atoms with Crippen molar-refractivity contribution < 1.29 is 14.4 Å². The quantitative estimate of drug-likeness (QED) is 0.819. The Morgan fingerprint density at radius 3 is 3.00 bits per heavy atom. The number of hydrogen-bond donors (Lipinski definition) is 1. The Bertz CT molecular complexity index is 574. The molecule has 8 heteroatoms. The van der Waals surface area contributed by atoms with E-state index in [1.54, 1.807) is 17.5 Å². The molecular formula is C15H20N4O3S. The van der Waals surface area contributed by atoms with Crippen molar-refractivity contribution in [3.8, 4) is 0 Å². The maximum atomic E-state index is 12.4. The van der Waals surface area contributed by atoms with Gasteiger partial charge in [0.1, 0.15) is 0 Å². The summed E-state index contributed by atoms with van der Waals surface area (Å²) in [5.41, 5.74) is 0. The minimum atomic E-state index is -0.357. The van der Waals surface area contributed by atoms with Crippen molar-refractivity contribution in [2.75, 3.05) is 26.2 Å². The van der Waals surface area contributed by atoms with Gasteiger partial charge in [-0.3, -0.25) is 14.5 Å². The summed E-state index contributed by atoms with van der Waals surface area (Å²) < 4.78 is 0. The lowest BCUT2D eigenvalue weighted by molar-refractivity contribution is -0.133. The second-order valence-corrected chi connectivity index (χ2v) is 6.78. The average Bonchev–Trinajstić information content (AvgIpc) is 3.20. The molecule has 4 amide bonds. The number of thiazole rings is 1. The van der Waals surface area contributed by atoms with Crippen LogP contribution in [0.4, 0.5) is 4.79 Å². The molecule has 0 bridgehead atoms. The van der Waals surface area contributed by atoms with Crippen LogP contribution in [0.25, 0.3) is 0 Å². The lowest BCUT2D eigenvalue weighted by Crippen LogP contribution is -2.39. The van der Waals surface area contributed by atoms with E-state index in [4.69, 9.17) is 0 Å².